The third-order valence-electron chi connectivity index (χ3n) is 9.90. The fourth-order valence-corrected chi connectivity index (χ4v) is 6.53. The van der Waals surface area contributed by atoms with Crippen molar-refractivity contribution < 1.29 is 43.0 Å². The Balaban J connectivity index is 2.73. The second-order valence-corrected chi connectivity index (χ2v) is 18.9. The summed E-state index contributed by atoms with van der Waals surface area (Å²) in [6.07, 6.45) is 0.475. The molecule has 15 heteroatoms. The first-order valence-electron chi connectivity index (χ1n) is 22.0. The molecule has 0 aromatic heterocycles. The number of carbonyl (C=O) groups excluding carboxylic acids is 7. The van der Waals surface area contributed by atoms with Gasteiger partial charge in [0.2, 0.25) is 29.5 Å². The summed E-state index contributed by atoms with van der Waals surface area (Å²) >= 11 is 0. The van der Waals surface area contributed by atoms with Gasteiger partial charge in [-0.1, -0.05) is 92.6 Å². The van der Waals surface area contributed by atoms with Crippen molar-refractivity contribution in [3.05, 3.63) is 35.9 Å². The lowest BCUT2D eigenvalue weighted by atomic mass is 9.93. The zero-order chi connectivity index (χ0) is 46.4. The van der Waals surface area contributed by atoms with Crippen molar-refractivity contribution in [3.63, 3.8) is 0 Å². The van der Waals surface area contributed by atoms with Crippen LogP contribution in [0, 0.1) is 41.4 Å². The molecule has 0 unspecified atom stereocenters. The van der Waals surface area contributed by atoms with Gasteiger partial charge in [-0.3, -0.25) is 28.8 Å². The van der Waals surface area contributed by atoms with Crippen LogP contribution in [0.3, 0.4) is 0 Å². The van der Waals surface area contributed by atoms with Gasteiger partial charge in [0.25, 0.3) is 0 Å². The minimum absolute atomic E-state index is 0.0000188. The predicted octanol–water partition coefficient (Wildman–Crippen LogP) is 5.40. The fraction of sp³-hybridized carbons (Fsp3) is 0.717. The molecule has 0 fully saturated rings. The lowest BCUT2D eigenvalue weighted by Gasteiger charge is -2.27. The molecule has 0 aliphatic carbocycles. The van der Waals surface area contributed by atoms with Crippen LogP contribution in [-0.4, -0.2) is 85.0 Å². The molecule has 1 aromatic rings. The Morgan fingerprint density at radius 3 is 1.75 bits per heavy atom. The van der Waals surface area contributed by atoms with Crippen molar-refractivity contribution in [2.24, 2.45) is 41.4 Å². The Morgan fingerprint density at radius 2 is 1.20 bits per heavy atom. The van der Waals surface area contributed by atoms with Crippen molar-refractivity contribution in [1.29, 1.82) is 0 Å². The van der Waals surface area contributed by atoms with Gasteiger partial charge in [0.15, 0.2) is 0 Å². The summed E-state index contributed by atoms with van der Waals surface area (Å²) in [5.74, 6) is -3.49. The van der Waals surface area contributed by atoms with Gasteiger partial charge >= 0.3 is 12.1 Å². The molecule has 0 spiro atoms. The summed E-state index contributed by atoms with van der Waals surface area (Å²) in [4.78, 5) is 90.8. The van der Waals surface area contributed by atoms with E-state index < -0.39 is 53.5 Å². The maximum absolute atomic E-state index is 13.7. The molecule has 1 rings (SSSR count). The standard InChI is InChI=1S/C46H78N6O9/c1-28(2)19-35(25-48-42(56)32(9)24-47-44(58)37(30(5)6)26-49-45(59)61-46(11,12)13)43(57)52-38(31(7)8)23-40(54)50-33(10)21-39(53)51-36(20-29(3)4)22-41(55)60-27-34-17-15-14-16-18-34/h14-18,28-33,35-38H,19-27H2,1-13H3,(H,47,58)(H,48,56)(H,49,59)(H,50,54)(H,51,53)(H,52,57)/t32-,33-,35-,36-,37+,38+/m0/s1. The highest BCUT2D eigenvalue weighted by atomic mass is 16.6. The minimum atomic E-state index is -0.672. The van der Waals surface area contributed by atoms with Crippen molar-refractivity contribution in [1.82, 2.24) is 31.9 Å². The average Bonchev–Trinajstić information content (AvgIpc) is 3.13. The fourth-order valence-electron chi connectivity index (χ4n) is 6.53. The van der Waals surface area contributed by atoms with E-state index in [4.69, 9.17) is 9.47 Å². The molecule has 0 heterocycles. The molecule has 0 radical (unpaired) electrons. The molecule has 0 aliphatic heterocycles. The number of nitrogens with one attached hydrogen (secondary N) is 6. The van der Waals surface area contributed by atoms with Crippen molar-refractivity contribution in [2.75, 3.05) is 19.6 Å². The number of esters is 1. The molecule has 6 amide bonds. The normalized spacial score (nSPS) is 14.6. The number of ether oxygens (including phenoxy) is 2. The zero-order valence-electron chi connectivity index (χ0n) is 39.2. The average molecular weight is 859 g/mol. The highest BCUT2D eigenvalue weighted by Gasteiger charge is 2.29. The van der Waals surface area contributed by atoms with Crippen LogP contribution in [0.5, 0.6) is 0 Å². The number of benzene rings is 1. The quantitative estimate of drug-likeness (QED) is 0.0658. The molecular formula is C46H78N6O9. The molecule has 6 N–H and O–H groups in total. The SMILES string of the molecule is CC(C)C[C@@H](CC(=O)OCc1ccccc1)NC(=O)C[C@H](C)NC(=O)C[C@@H](NC(=O)[C@H](CNC(=O)[C@@H](C)CNC(=O)[C@H](CNC(=O)OC(C)(C)C)C(C)C)CC(C)C)C(C)C. The van der Waals surface area contributed by atoms with E-state index in [1.807, 2.05) is 85.7 Å². The second-order valence-electron chi connectivity index (χ2n) is 18.9. The lowest BCUT2D eigenvalue weighted by molar-refractivity contribution is -0.145. The number of alkyl carbamates (subject to hydrolysis) is 1. The van der Waals surface area contributed by atoms with Gasteiger partial charge in [-0.25, -0.2) is 4.79 Å². The van der Waals surface area contributed by atoms with Crippen LogP contribution >= 0.6 is 0 Å². The van der Waals surface area contributed by atoms with E-state index in [1.54, 1.807) is 34.6 Å². The highest BCUT2D eigenvalue weighted by Crippen LogP contribution is 2.16. The second kappa shape index (κ2) is 27.3. The van der Waals surface area contributed by atoms with E-state index in [1.165, 1.54) is 0 Å². The maximum Gasteiger partial charge on any atom is 0.407 e. The van der Waals surface area contributed by atoms with Crippen molar-refractivity contribution in [3.8, 4) is 0 Å². The summed E-state index contributed by atoms with van der Waals surface area (Å²) in [7, 11) is 0. The summed E-state index contributed by atoms with van der Waals surface area (Å²) in [5, 5.41) is 17.2. The Labute approximate surface area is 365 Å². The van der Waals surface area contributed by atoms with E-state index in [0.717, 1.165) is 5.56 Å². The Bertz CT molecular complexity index is 1540. The molecule has 1 aromatic carbocycles. The molecule has 0 saturated heterocycles. The topological polar surface area (TPSA) is 210 Å². The van der Waals surface area contributed by atoms with E-state index in [-0.39, 0.29) is 98.7 Å². The number of hydrogen-bond donors (Lipinski definition) is 6. The van der Waals surface area contributed by atoms with E-state index >= 15 is 0 Å². The minimum Gasteiger partial charge on any atom is -0.461 e. The van der Waals surface area contributed by atoms with Crippen LogP contribution in [-0.2, 0) is 44.8 Å². The van der Waals surface area contributed by atoms with E-state index in [9.17, 15) is 33.6 Å². The molecule has 61 heavy (non-hydrogen) atoms. The first kappa shape index (κ1) is 54.3. The number of rotatable bonds is 26. The molecular weight excluding hydrogens is 781 g/mol. The molecule has 15 nitrogen and oxygen atoms in total. The van der Waals surface area contributed by atoms with Crippen molar-refractivity contribution in [2.45, 2.75) is 152 Å². The Hall–Kier alpha value is -4.69. The van der Waals surface area contributed by atoms with Gasteiger partial charge < -0.3 is 41.4 Å². The van der Waals surface area contributed by atoms with Crippen LogP contribution in [0.25, 0.3) is 0 Å². The summed E-state index contributed by atoms with van der Waals surface area (Å²) < 4.78 is 10.7. The molecule has 0 aliphatic rings. The first-order valence-corrected chi connectivity index (χ1v) is 22.0. The van der Waals surface area contributed by atoms with Crippen molar-refractivity contribution >= 4 is 41.6 Å². The van der Waals surface area contributed by atoms with Gasteiger partial charge in [-0.05, 0) is 69.8 Å². The van der Waals surface area contributed by atoms with Gasteiger partial charge in [-0.2, -0.15) is 0 Å². The summed E-state index contributed by atoms with van der Waals surface area (Å²) in [6.45, 7) is 24.6. The Kier molecular flexibility index (Phi) is 24.3. The van der Waals surface area contributed by atoms with E-state index in [2.05, 4.69) is 31.9 Å². The molecule has 0 saturated carbocycles. The highest BCUT2D eigenvalue weighted by molar-refractivity contribution is 5.85. The van der Waals surface area contributed by atoms with Crippen LogP contribution < -0.4 is 31.9 Å². The third-order valence-corrected chi connectivity index (χ3v) is 9.90. The zero-order valence-corrected chi connectivity index (χ0v) is 39.2. The van der Waals surface area contributed by atoms with Crippen LogP contribution in [0.1, 0.15) is 128 Å². The van der Waals surface area contributed by atoms with Gasteiger partial charge in [0.1, 0.15) is 12.2 Å². The smallest absolute Gasteiger partial charge is 0.407 e. The molecule has 6 atom stereocenters. The number of amides is 6. The monoisotopic (exact) mass is 859 g/mol. The number of hydrogen-bond acceptors (Lipinski definition) is 9. The predicted molar refractivity (Wildman–Crippen MR) is 237 cm³/mol. The molecule has 346 valence electrons. The number of carbonyl (C=O) groups is 7. The summed E-state index contributed by atoms with van der Waals surface area (Å²) in [6, 6.07) is 7.92. The van der Waals surface area contributed by atoms with Crippen LogP contribution in [0.2, 0.25) is 0 Å². The molecule has 0 bridgehead atoms. The van der Waals surface area contributed by atoms with Gasteiger partial charge in [-0.15, -0.1) is 0 Å². The van der Waals surface area contributed by atoms with Gasteiger partial charge in [0, 0.05) is 50.6 Å². The van der Waals surface area contributed by atoms with Crippen LogP contribution in [0.15, 0.2) is 30.3 Å². The van der Waals surface area contributed by atoms with Crippen LogP contribution in [0.4, 0.5) is 4.79 Å². The van der Waals surface area contributed by atoms with E-state index in [0.29, 0.717) is 12.8 Å². The Morgan fingerprint density at radius 1 is 0.607 bits per heavy atom. The maximum atomic E-state index is 13.7. The van der Waals surface area contributed by atoms with Gasteiger partial charge in [0.05, 0.1) is 24.2 Å². The summed E-state index contributed by atoms with van der Waals surface area (Å²) in [5.41, 5.74) is 0.203. The first-order chi connectivity index (χ1) is 28.4. The largest absolute Gasteiger partial charge is 0.461 e. The lowest BCUT2D eigenvalue weighted by Crippen LogP contribution is -2.49. The third kappa shape index (κ3) is 24.4.